The summed E-state index contributed by atoms with van der Waals surface area (Å²) in [5.41, 5.74) is 6.75. The molecule has 0 aliphatic carbocycles. The molecular formula is C13H7BrF2N4O. The van der Waals surface area contributed by atoms with Gasteiger partial charge in [-0.3, -0.25) is 0 Å². The number of aromatic nitrogens is 3. The van der Waals surface area contributed by atoms with Crippen molar-refractivity contribution < 1.29 is 13.3 Å². The van der Waals surface area contributed by atoms with Crippen LogP contribution in [0.1, 0.15) is 0 Å². The summed E-state index contributed by atoms with van der Waals surface area (Å²) in [6.45, 7) is 0. The Morgan fingerprint density at radius 3 is 2.67 bits per heavy atom. The lowest BCUT2D eigenvalue weighted by Gasteiger charge is -2.01. The van der Waals surface area contributed by atoms with E-state index in [1.54, 1.807) is 12.1 Å². The second-order valence-corrected chi connectivity index (χ2v) is 4.92. The standard InChI is InChI=1S/C13H7BrF2N4O/c14-10-7(2-3-8(15)11(10)16)12-19-13(21-20-12)9-4-1-6(17)5-18-9/h1-5H,17H2. The van der Waals surface area contributed by atoms with Crippen LogP contribution < -0.4 is 5.73 Å². The van der Waals surface area contributed by atoms with E-state index in [9.17, 15) is 8.78 Å². The lowest BCUT2D eigenvalue weighted by molar-refractivity contribution is 0.431. The minimum atomic E-state index is -1.01. The summed E-state index contributed by atoms with van der Waals surface area (Å²) in [6, 6.07) is 5.60. The number of nitrogen functional groups attached to an aromatic ring is 1. The minimum Gasteiger partial charge on any atom is -0.397 e. The average molecular weight is 353 g/mol. The zero-order chi connectivity index (χ0) is 15.0. The van der Waals surface area contributed by atoms with E-state index in [4.69, 9.17) is 10.3 Å². The molecular weight excluding hydrogens is 346 g/mol. The van der Waals surface area contributed by atoms with Gasteiger partial charge in [0.25, 0.3) is 5.89 Å². The third kappa shape index (κ3) is 2.49. The van der Waals surface area contributed by atoms with Gasteiger partial charge in [0, 0.05) is 5.56 Å². The number of anilines is 1. The molecule has 5 nitrogen and oxygen atoms in total. The number of pyridine rings is 1. The van der Waals surface area contributed by atoms with Gasteiger partial charge < -0.3 is 10.3 Å². The Morgan fingerprint density at radius 2 is 1.95 bits per heavy atom. The van der Waals surface area contributed by atoms with Crippen molar-refractivity contribution in [2.75, 3.05) is 5.73 Å². The lowest BCUT2D eigenvalue weighted by Crippen LogP contribution is -1.91. The summed E-state index contributed by atoms with van der Waals surface area (Å²) in [6.07, 6.45) is 1.45. The lowest BCUT2D eigenvalue weighted by atomic mass is 10.2. The molecule has 0 atom stereocenters. The van der Waals surface area contributed by atoms with Crippen molar-refractivity contribution in [3.8, 4) is 23.0 Å². The zero-order valence-corrected chi connectivity index (χ0v) is 11.9. The number of nitrogens with zero attached hydrogens (tertiary/aromatic N) is 3. The maximum Gasteiger partial charge on any atom is 0.276 e. The Hall–Kier alpha value is -2.35. The maximum absolute atomic E-state index is 13.5. The molecule has 1 aromatic carbocycles. The van der Waals surface area contributed by atoms with Gasteiger partial charge in [-0.15, -0.1) is 0 Å². The molecule has 8 heteroatoms. The van der Waals surface area contributed by atoms with Gasteiger partial charge in [-0.2, -0.15) is 4.98 Å². The molecule has 0 spiro atoms. The largest absolute Gasteiger partial charge is 0.397 e. The summed E-state index contributed by atoms with van der Waals surface area (Å²) < 4.78 is 31.6. The number of hydrogen-bond acceptors (Lipinski definition) is 5. The summed E-state index contributed by atoms with van der Waals surface area (Å²) >= 11 is 2.97. The van der Waals surface area contributed by atoms with Crippen LogP contribution in [0.3, 0.4) is 0 Å². The molecule has 0 radical (unpaired) electrons. The highest BCUT2D eigenvalue weighted by Crippen LogP contribution is 2.31. The van der Waals surface area contributed by atoms with Crippen LogP contribution in [-0.4, -0.2) is 15.1 Å². The molecule has 106 valence electrons. The predicted octanol–water partition coefficient (Wildman–Crippen LogP) is 3.42. The highest BCUT2D eigenvalue weighted by molar-refractivity contribution is 9.10. The van der Waals surface area contributed by atoms with Crippen molar-refractivity contribution >= 4 is 21.6 Å². The van der Waals surface area contributed by atoms with E-state index in [0.717, 1.165) is 6.07 Å². The summed E-state index contributed by atoms with van der Waals surface area (Å²) in [4.78, 5) is 8.15. The Labute approximate surface area is 125 Å². The predicted molar refractivity (Wildman–Crippen MR) is 75.0 cm³/mol. The van der Waals surface area contributed by atoms with Gasteiger partial charge in [0.1, 0.15) is 5.69 Å². The van der Waals surface area contributed by atoms with Crippen molar-refractivity contribution in [1.82, 2.24) is 15.1 Å². The topological polar surface area (TPSA) is 77.8 Å². The highest BCUT2D eigenvalue weighted by atomic mass is 79.9. The van der Waals surface area contributed by atoms with Gasteiger partial charge in [0.05, 0.1) is 16.4 Å². The Balaban J connectivity index is 2.03. The first-order valence-electron chi connectivity index (χ1n) is 5.75. The number of halogens is 3. The molecule has 0 fully saturated rings. The Bertz CT molecular complexity index is 804. The van der Waals surface area contributed by atoms with E-state index in [1.807, 2.05) is 0 Å². The van der Waals surface area contributed by atoms with E-state index in [-0.39, 0.29) is 21.8 Å². The van der Waals surface area contributed by atoms with Crippen LogP contribution in [-0.2, 0) is 0 Å². The fourth-order valence-electron chi connectivity index (χ4n) is 1.67. The smallest absolute Gasteiger partial charge is 0.276 e. The van der Waals surface area contributed by atoms with Crippen LogP contribution in [0.2, 0.25) is 0 Å². The summed E-state index contributed by atoms with van der Waals surface area (Å²) in [5.74, 6) is -1.70. The molecule has 3 aromatic rings. The van der Waals surface area contributed by atoms with Crippen LogP contribution in [0.15, 0.2) is 39.5 Å². The number of nitrogens with two attached hydrogens (primary N) is 1. The summed E-state index contributed by atoms with van der Waals surface area (Å²) in [7, 11) is 0. The zero-order valence-electron chi connectivity index (χ0n) is 10.3. The van der Waals surface area contributed by atoms with Gasteiger partial charge in [0.15, 0.2) is 11.6 Å². The average Bonchev–Trinajstić information content (AvgIpc) is 2.95. The molecule has 2 aromatic heterocycles. The third-order valence-corrected chi connectivity index (χ3v) is 3.48. The van der Waals surface area contributed by atoms with Crippen LogP contribution in [0, 0.1) is 11.6 Å². The molecule has 3 rings (SSSR count). The maximum atomic E-state index is 13.5. The molecule has 2 N–H and O–H groups in total. The quantitative estimate of drug-likeness (QED) is 0.715. The molecule has 0 saturated heterocycles. The van der Waals surface area contributed by atoms with Crippen molar-refractivity contribution in [1.29, 1.82) is 0 Å². The Kier molecular flexibility index (Phi) is 3.38. The second kappa shape index (κ2) is 5.21. The van der Waals surface area contributed by atoms with Gasteiger partial charge in [-0.25, -0.2) is 13.8 Å². The molecule has 0 bridgehead atoms. The molecule has 0 unspecified atom stereocenters. The van der Waals surface area contributed by atoms with E-state index in [2.05, 4.69) is 31.1 Å². The molecule has 0 aliphatic rings. The van der Waals surface area contributed by atoms with Crippen LogP contribution in [0.25, 0.3) is 23.0 Å². The van der Waals surface area contributed by atoms with E-state index in [1.165, 1.54) is 12.3 Å². The van der Waals surface area contributed by atoms with Crippen LogP contribution >= 0.6 is 15.9 Å². The van der Waals surface area contributed by atoms with Gasteiger partial charge in [-0.1, -0.05) is 5.16 Å². The Morgan fingerprint density at radius 1 is 1.14 bits per heavy atom. The van der Waals surface area contributed by atoms with Crippen molar-refractivity contribution in [3.05, 3.63) is 46.6 Å². The molecule has 21 heavy (non-hydrogen) atoms. The van der Waals surface area contributed by atoms with Crippen LogP contribution in [0.5, 0.6) is 0 Å². The third-order valence-electron chi connectivity index (χ3n) is 2.71. The van der Waals surface area contributed by atoms with Crippen molar-refractivity contribution in [2.24, 2.45) is 0 Å². The van der Waals surface area contributed by atoms with Gasteiger partial charge in [-0.05, 0) is 40.2 Å². The normalized spacial score (nSPS) is 10.8. The first-order valence-corrected chi connectivity index (χ1v) is 6.55. The minimum absolute atomic E-state index is 0.0693. The second-order valence-electron chi connectivity index (χ2n) is 4.12. The van der Waals surface area contributed by atoms with Crippen LogP contribution in [0.4, 0.5) is 14.5 Å². The molecule has 2 heterocycles. The van der Waals surface area contributed by atoms with Gasteiger partial charge >= 0.3 is 0 Å². The number of rotatable bonds is 2. The van der Waals surface area contributed by atoms with Crippen molar-refractivity contribution in [3.63, 3.8) is 0 Å². The highest BCUT2D eigenvalue weighted by Gasteiger charge is 2.18. The first-order chi connectivity index (χ1) is 10.1. The fraction of sp³-hybridized carbons (Fsp3) is 0. The number of hydrogen-bond donors (Lipinski definition) is 1. The van der Waals surface area contributed by atoms with E-state index >= 15 is 0 Å². The molecule has 0 aliphatic heterocycles. The van der Waals surface area contributed by atoms with Gasteiger partial charge in [0.2, 0.25) is 5.82 Å². The van der Waals surface area contributed by atoms with Crippen molar-refractivity contribution in [2.45, 2.75) is 0 Å². The first kappa shape index (κ1) is 13.6. The monoisotopic (exact) mass is 352 g/mol. The SMILES string of the molecule is Nc1ccc(-c2nc(-c3ccc(F)c(F)c3Br)no2)nc1. The molecule has 0 saturated carbocycles. The fourth-order valence-corrected chi connectivity index (χ4v) is 2.17. The van der Waals surface area contributed by atoms with E-state index < -0.39 is 11.6 Å². The molecule has 0 amide bonds. The van der Waals surface area contributed by atoms with E-state index in [0.29, 0.717) is 11.4 Å². The number of benzene rings is 1. The summed E-state index contributed by atoms with van der Waals surface area (Å²) in [5, 5.41) is 3.74.